The fourth-order valence-corrected chi connectivity index (χ4v) is 3.45. The molecular weight excluding hydrogens is 322 g/mol. The molecule has 2 fully saturated rings. The first-order chi connectivity index (χ1) is 11.9. The molecule has 0 unspecified atom stereocenters. The summed E-state index contributed by atoms with van der Waals surface area (Å²) in [7, 11) is 1.32. The van der Waals surface area contributed by atoms with Crippen LogP contribution in [0.5, 0.6) is 0 Å². The number of nitrogens with zero attached hydrogens (tertiary/aromatic N) is 1. The fourth-order valence-electron chi connectivity index (χ4n) is 3.45. The Morgan fingerprint density at radius 1 is 1.20 bits per heavy atom. The SMILES string of the molecule is COC(=O)c1c(C)[nH]c(C(=O)N2CCC[C@H](C(=O)NC3CC3)C2)c1C. The Labute approximate surface area is 147 Å². The van der Waals surface area contributed by atoms with Crippen molar-refractivity contribution in [3.05, 3.63) is 22.5 Å². The number of aromatic amines is 1. The number of hydrogen-bond donors (Lipinski definition) is 2. The number of piperidine rings is 1. The number of rotatable bonds is 4. The lowest BCUT2D eigenvalue weighted by molar-refractivity contribution is -0.126. The van der Waals surface area contributed by atoms with Crippen molar-refractivity contribution in [2.45, 2.75) is 45.6 Å². The van der Waals surface area contributed by atoms with Gasteiger partial charge in [-0.1, -0.05) is 0 Å². The van der Waals surface area contributed by atoms with Gasteiger partial charge in [0.15, 0.2) is 0 Å². The molecule has 2 heterocycles. The molecule has 2 aliphatic rings. The summed E-state index contributed by atoms with van der Waals surface area (Å²) < 4.78 is 4.79. The zero-order chi connectivity index (χ0) is 18.1. The van der Waals surface area contributed by atoms with Gasteiger partial charge in [-0.15, -0.1) is 0 Å². The Morgan fingerprint density at radius 3 is 2.56 bits per heavy atom. The van der Waals surface area contributed by atoms with E-state index in [2.05, 4.69) is 10.3 Å². The number of likely N-dealkylation sites (tertiary alicyclic amines) is 1. The number of amides is 2. The molecule has 1 atom stereocenters. The van der Waals surface area contributed by atoms with Crippen molar-refractivity contribution in [2.75, 3.05) is 20.2 Å². The van der Waals surface area contributed by atoms with Gasteiger partial charge in [0.25, 0.3) is 5.91 Å². The summed E-state index contributed by atoms with van der Waals surface area (Å²) in [5.74, 6) is -0.727. The van der Waals surface area contributed by atoms with Crippen molar-refractivity contribution >= 4 is 17.8 Å². The molecular formula is C18H25N3O4. The predicted octanol–water partition coefficient (Wildman–Crippen LogP) is 1.55. The highest BCUT2D eigenvalue weighted by atomic mass is 16.5. The van der Waals surface area contributed by atoms with Crippen LogP contribution in [-0.4, -0.2) is 53.9 Å². The molecule has 0 aromatic carbocycles. The molecule has 1 saturated carbocycles. The first-order valence-corrected chi connectivity index (χ1v) is 8.79. The largest absolute Gasteiger partial charge is 0.465 e. The molecule has 2 amide bonds. The van der Waals surface area contributed by atoms with Gasteiger partial charge < -0.3 is 19.9 Å². The molecule has 1 aliphatic heterocycles. The molecule has 0 radical (unpaired) electrons. The molecule has 2 N–H and O–H groups in total. The van der Waals surface area contributed by atoms with E-state index < -0.39 is 5.97 Å². The zero-order valence-electron chi connectivity index (χ0n) is 15.0. The molecule has 136 valence electrons. The summed E-state index contributed by atoms with van der Waals surface area (Å²) in [6.45, 7) is 4.53. The van der Waals surface area contributed by atoms with Crippen molar-refractivity contribution < 1.29 is 19.1 Å². The molecule has 25 heavy (non-hydrogen) atoms. The van der Waals surface area contributed by atoms with Crippen LogP contribution in [-0.2, 0) is 9.53 Å². The highest BCUT2D eigenvalue weighted by molar-refractivity contribution is 6.00. The lowest BCUT2D eigenvalue weighted by atomic mass is 9.96. The number of esters is 1. The molecule has 0 spiro atoms. The van der Waals surface area contributed by atoms with Crippen LogP contribution in [0.1, 0.15) is 57.8 Å². The maximum Gasteiger partial charge on any atom is 0.339 e. The van der Waals surface area contributed by atoms with Crippen LogP contribution in [0.2, 0.25) is 0 Å². The van der Waals surface area contributed by atoms with Crippen LogP contribution in [0.4, 0.5) is 0 Å². The Bertz CT molecular complexity index is 705. The van der Waals surface area contributed by atoms with Crippen molar-refractivity contribution in [1.29, 1.82) is 0 Å². The van der Waals surface area contributed by atoms with Crippen molar-refractivity contribution in [1.82, 2.24) is 15.2 Å². The first kappa shape index (κ1) is 17.5. The monoisotopic (exact) mass is 347 g/mol. The second-order valence-electron chi connectivity index (χ2n) is 6.99. The number of H-pyrrole nitrogens is 1. The van der Waals surface area contributed by atoms with Gasteiger partial charge in [-0.3, -0.25) is 9.59 Å². The van der Waals surface area contributed by atoms with Crippen molar-refractivity contribution in [3.63, 3.8) is 0 Å². The Hall–Kier alpha value is -2.31. The van der Waals surface area contributed by atoms with Gasteiger partial charge in [-0.25, -0.2) is 4.79 Å². The summed E-state index contributed by atoms with van der Waals surface area (Å²) >= 11 is 0. The normalized spacial score (nSPS) is 20.3. The summed E-state index contributed by atoms with van der Waals surface area (Å²) in [6, 6.07) is 0.328. The van der Waals surface area contributed by atoms with E-state index in [1.165, 1.54) is 7.11 Å². The number of ether oxygens (including phenoxy) is 1. The number of aryl methyl sites for hydroxylation is 1. The average molecular weight is 347 g/mol. The highest BCUT2D eigenvalue weighted by Gasteiger charge is 2.33. The average Bonchev–Trinajstić information content (AvgIpc) is 3.37. The highest BCUT2D eigenvalue weighted by Crippen LogP contribution is 2.25. The Morgan fingerprint density at radius 2 is 1.92 bits per heavy atom. The second-order valence-corrected chi connectivity index (χ2v) is 6.99. The lowest BCUT2D eigenvalue weighted by Gasteiger charge is -2.32. The molecule has 1 aromatic heterocycles. The Kier molecular flexibility index (Phi) is 4.83. The third-order valence-electron chi connectivity index (χ3n) is 5.04. The van der Waals surface area contributed by atoms with Crippen LogP contribution in [0.3, 0.4) is 0 Å². The quantitative estimate of drug-likeness (QED) is 0.809. The number of hydrogen-bond acceptors (Lipinski definition) is 4. The molecule has 3 rings (SSSR count). The van der Waals surface area contributed by atoms with Crippen molar-refractivity contribution in [3.8, 4) is 0 Å². The van der Waals surface area contributed by atoms with E-state index in [0.717, 1.165) is 25.7 Å². The summed E-state index contributed by atoms with van der Waals surface area (Å²) in [5.41, 5.74) is 2.03. The fraction of sp³-hybridized carbons (Fsp3) is 0.611. The topological polar surface area (TPSA) is 91.5 Å². The van der Waals surface area contributed by atoms with Crippen LogP contribution in [0.25, 0.3) is 0 Å². The predicted molar refractivity (Wildman–Crippen MR) is 91.4 cm³/mol. The number of methoxy groups -OCH3 is 1. The number of carbonyl (C=O) groups is 3. The molecule has 1 saturated heterocycles. The summed E-state index contributed by atoms with van der Waals surface area (Å²) in [6.07, 6.45) is 3.71. The van der Waals surface area contributed by atoms with E-state index in [9.17, 15) is 14.4 Å². The maximum atomic E-state index is 12.9. The molecule has 7 nitrogen and oxygen atoms in total. The van der Waals surface area contributed by atoms with Crippen LogP contribution in [0.15, 0.2) is 0 Å². The van der Waals surface area contributed by atoms with Crippen LogP contribution in [0, 0.1) is 19.8 Å². The maximum absolute atomic E-state index is 12.9. The van der Waals surface area contributed by atoms with Crippen LogP contribution < -0.4 is 5.32 Å². The molecule has 7 heteroatoms. The van der Waals surface area contributed by atoms with Gasteiger partial charge in [0, 0.05) is 24.8 Å². The Balaban J connectivity index is 1.74. The zero-order valence-corrected chi connectivity index (χ0v) is 15.0. The van der Waals surface area contributed by atoms with Crippen molar-refractivity contribution in [2.24, 2.45) is 5.92 Å². The third kappa shape index (κ3) is 3.55. The van der Waals surface area contributed by atoms with E-state index >= 15 is 0 Å². The van der Waals surface area contributed by atoms with E-state index in [1.807, 2.05) is 0 Å². The third-order valence-corrected chi connectivity index (χ3v) is 5.04. The van der Waals surface area contributed by atoms with Gasteiger partial charge in [0.1, 0.15) is 5.69 Å². The van der Waals surface area contributed by atoms with Gasteiger partial charge in [0.2, 0.25) is 5.91 Å². The van der Waals surface area contributed by atoms with Gasteiger partial charge >= 0.3 is 5.97 Å². The number of carbonyl (C=O) groups excluding carboxylic acids is 3. The minimum atomic E-state index is -0.453. The smallest absolute Gasteiger partial charge is 0.339 e. The van der Waals surface area contributed by atoms with Gasteiger partial charge in [0.05, 0.1) is 18.6 Å². The standard InChI is InChI=1S/C18H25N3O4/c1-10-14(18(24)25-3)11(2)19-15(10)17(23)21-8-4-5-12(9-21)16(22)20-13-6-7-13/h12-13,19H,4-9H2,1-3H3,(H,20,22)/t12-/m0/s1. The first-order valence-electron chi connectivity index (χ1n) is 8.79. The number of aromatic nitrogens is 1. The summed E-state index contributed by atoms with van der Waals surface area (Å²) in [4.78, 5) is 41.8. The minimum absolute atomic E-state index is 0.0506. The molecule has 1 aromatic rings. The minimum Gasteiger partial charge on any atom is -0.465 e. The van der Waals surface area contributed by atoms with Gasteiger partial charge in [-0.05, 0) is 45.1 Å². The van der Waals surface area contributed by atoms with E-state index in [0.29, 0.717) is 41.6 Å². The lowest BCUT2D eigenvalue weighted by Crippen LogP contribution is -2.46. The van der Waals surface area contributed by atoms with Gasteiger partial charge in [-0.2, -0.15) is 0 Å². The number of nitrogens with one attached hydrogen (secondary N) is 2. The molecule has 0 bridgehead atoms. The van der Waals surface area contributed by atoms with E-state index in [-0.39, 0.29) is 17.7 Å². The van der Waals surface area contributed by atoms with E-state index in [4.69, 9.17) is 4.74 Å². The second kappa shape index (κ2) is 6.90. The summed E-state index contributed by atoms with van der Waals surface area (Å²) in [5, 5.41) is 3.02. The van der Waals surface area contributed by atoms with E-state index in [1.54, 1.807) is 18.7 Å². The molecule has 1 aliphatic carbocycles. The van der Waals surface area contributed by atoms with Crippen LogP contribution >= 0.6 is 0 Å².